The third-order valence-electron chi connectivity index (χ3n) is 3.03. The minimum absolute atomic E-state index is 0.0714. The zero-order chi connectivity index (χ0) is 14.3. The van der Waals surface area contributed by atoms with Crippen molar-refractivity contribution in [2.75, 3.05) is 11.9 Å². The summed E-state index contributed by atoms with van der Waals surface area (Å²) in [5.41, 5.74) is 0.477. The Hall–Kier alpha value is -0.970. The van der Waals surface area contributed by atoms with E-state index in [0.717, 1.165) is 30.3 Å². The van der Waals surface area contributed by atoms with Crippen LogP contribution in [0, 0.1) is 17.6 Å². The van der Waals surface area contributed by atoms with Crippen molar-refractivity contribution in [1.29, 1.82) is 0 Å². The van der Waals surface area contributed by atoms with Gasteiger partial charge in [-0.25, -0.2) is 8.78 Å². The Kier molecular flexibility index (Phi) is 6.99. The Morgan fingerprint density at radius 2 is 2.11 bits per heavy atom. The van der Waals surface area contributed by atoms with Crippen molar-refractivity contribution in [3.8, 4) is 0 Å². The van der Waals surface area contributed by atoms with Gasteiger partial charge < -0.3 is 5.32 Å². The molecule has 0 aliphatic rings. The molecule has 0 bridgehead atoms. The standard InChI is InChI=1S/C14H18BrF2NO/c1-2-10(5-6-15)9-18-14(19)8-11-3-4-12(16)13(17)7-11/h3-4,7,10H,2,5-6,8-9H2,1H3,(H,18,19). The predicted molar refractivity (Wildman–Crippen MR) is 75.3 cm³/mol. The van der Waals surface area contributed by atoms with E-state index in [0.29, 0.717) is 18.0 Å². The summed E-state index contributed by atoms with van der Waals surface area (Å²) in [4.78, 5) is 11.7. The average molecular weight is 334 g/mol. The first-order valence-electron chi connectivity index (χ1n) is 6.33. The fourth-order valence-corrected chi connectivity index (χ4v) is 2.41. The molecule has 1 aromatic rings. The highest BCUT2D eigenvalue weighted by Crippen LogP contribution is 2.10. The molecule has 1 aromatic carbocycles. The van der Waals surface area contributed by atoms with Gasteiger partial charge in [-0.3, -0.25) is 4.79 Å². The number of halogens is 3. The van der Waals surface area contributed by atoms with Crippen LogP contribution in [0.5, 0.6) is 0 Å². The summed E-state index contributed by atoms with van der Waals surface area (Å²) >= 11 is 3.38. The van der Waals surface area contributed by atoms with Gasteiger partial charge in [0, 0.05) is 11.9 Å². The first-order chi connectivity index (χ1) is 9.06. The lowest BCUT2D eigenvalue weighted by molar-refractivity contribution is -0.120. The van der Waals surface area contributed by atoms with Gasteiger partial charge in [0.25, 0.3) is 0 Å². The molecule has 5 heteroatoms. The van der Waals surface area contributed by atoms with Crippen LogP contribution in [0.3, 0.4) is 0 Å². The monoisotopic (exact) mass is 333 g/mol. The van der Waals surface area contributed by atoms with Crippen LogP contribution in [0.2, 0.25) is 0 Å². The maximum atomic E-state index is 13.0. The highest BCUT2D eigenvalue weighted by molar-refractivity contribution is 9.09. The van der Waals surface area contributed by atoms with Crippen molar-refractivity contribution >= 4 is 21.8 Å². The van der Waals surface area contributed by atoms with Crippen molar-refractivity contribution in [1.82, 2.24) is 5.32 Å². The summed E-state index contributed by atoms with van der Waals surface area (Å²) in [6, 6.07) is 3.52. The fraction of sp³-hybridized carbons (Fsp3) is 0.500. The maximum absolute atomic E-state index is 13.0. The first kappa shape index (κ1) is 16.1. The molecular weight excluding hydrogens is 316 g/mol. The zero-order valence-electron chi connectivity index (χ0n) is 10.9. The Morgan fingerprint density at radius 3 is 2.68 bits per heavy atom. The molecule has 0 spiro atoms. The molecule has 0 radical (unpaired) electrons. The third-order valence-corrected chi connectivity index (χ3v) is 3.49. The third kappa shape index (κ3) is 5.68. The van der Waals surface area contributed by atoms with E-state index < -0.39 is 11.6 Å². The van der Waals surface area contributed by atoms with E-state index in [1.165, 1.54) is 6.07 Å². The molecule has 0 heterocycles. The Labute approximate surface area is 120 Å². The van der Waals surface area contributed by atoms with Crippen LogP contribution in [-0.4, -0.2) is 17.8 Å². The van der Waals surface area contributed by atoms with Crippen molar-refractivity contribution in [3.63, 3.8) is 0 Å². The lowest BCUT2D eigenvalue weighted by atomic mass is 10.0. The van der Waals surface area contributed by atoms with E-state index in [9.17, 15) is 13.6 Å². The van der Waals surface area contributed by atoms with Gasteiger partial charge in [-0.15, -0.1) is 0 Å². The largest absolute Gasteiger partial charge is 0.356 e. The van der Waals surface area contributed by atoms with Crippen LogP contribution < -0.4 is 5.32 Å². The van der Waals surface area contributed by atoms with Gasteiger partial charge in [-0.05, 0) is 30.0 Å². The number of hydrogen-bond acceptors (Lipinski definition) is 1. The lowest BCUT2D eigenvalue weighted by Gasteiger charge is -2.14. The molecule has 1 atom stereocenters. The second-order valence-electron chi connectivity index (χ2n) is 4.48. The number of nitrogens with one attached hydrogen (secondary N) is 1. The van der Waals surface area contributed by atoms with E-state index in [4.69, 9.17) is 0 Å². The number of alkyl halides is 1. The molecule has 0 aliphatic heterocycles. The Bertz CT molecular complexity index is 426. The topological polar surface area (TPSA) is 29.1 Å². The zero-order valence-corrected chi connectivity index (χ0v) is 12.5. The smallest absolute Gasteiger partial charge is 0.224 e. The molecule has 2 nitrogen and oxygen atoms in total. The lowest BCUT2D eigenvalue weighted by Crippen LogP contribution is -2.30. The van der Waals surface area contributed by atoms with Gasteiger partial charge in [0.05, 0.1) is 6.42 Å². The number of carbonyl (C=O) groups is 1. The SMILES string of the molecule is CCC(CCBr)CNC(=O)Cc1ccc(F)c(F)c1. The van der Waals surface area contributed by atoms with Gasteiger partial charge in [-0.1, -0.05) is 35.3 Å². The minimum Gasteiger partial charge on any atom is -0.356 e. The van der Waals surface area contributed by atoms with Gasteiger partial charge in [0.1, 0.15) is 0 Å². The molecule has 1 N–H and O–H groups in total. The molecule has 106 valence electrons. The summed E-state index contributed by atoms with van der Waals surface area (Å²) in [5.74, 6) is -1.55. The molecule has 0 saturated heterocycles. The van der Waals surface area contributed by atoms with Crippen LogP contribution in [0.4, 0.5) is 8.78 Å². The van der Waals surface area contributed by atoms with Crippen LogP contribution in [-0.2, 0) is 11.2 Å². The Balaban J connectivity index is 2.44. The van der Waals surface area contributed by atoms with Crippen molar-refractivity contribution in [3.05, 3.63) is 35.4 Å². The molecule has 1 unspecified atom stereocenters. The number of amides is 1. The van der Waals surface area contributed by atoms with Crippen LogP contribution in [0.1, 0.15) is 25.3 Å². The molecule has 0 aromatic heterocycles. The van der Waals surface area contributed by atoms with Crippen LogP contribution >= 0.6 is 15.9 Å². The first-order valence-corrected chi connectivity index (χ1v) is 7.45. The second-order valence-corrected chi connectivity index (χ2v) is 5.27. The summed E-state index contributed by atoms with van der Waals surface area (Å²) in [7, 11) is 0. The molecule has 0 fully saturated rings. The number of carbonyl (C=O) groups excluding carboxylic acids is 1. The molecule has 19 heavy (non-hydrogen) atoms. The number of benzene rings is 1. The molecule has 1 amide bonds. The molecule has 0 saturated carbocycles. The van der Waals surface area contributed by atoms with Crippen molar-refractivity contribution in [2.45, 2.75) is 26.2 Å². The molecular formula is C14H18BrF2NO. The van der Waals surface area contributed by atoms with E-state index in [1.54, 1.807) is 0 Å². The van der Waals surface area contributed by atoms with Crippen molar-refractivity contribution in [2.24, 2.45) is 5.92 Å². The second kappa shape index (κ2) is 8.25. The highest BCUT2D eigenvalue weighted by Gasteiger charge is 2.10. The van der Waals surface area contributed by atoms with Gasteiger partial charge in [0.15, 0.2) is 11.6 Å². The quantitative estimate of drug-likeness (QED) is 0.761. The van der Waals surface area contributed by atoms with Gasteiger partial charge in [-0.2, -0.15) is 0 Å². The van der Waals surface area contributed by atoms with Gasteiger partial charge >= 0.3 is 0 Å². The average Bonchev–Trinajstić information content (AvgIpc) is 2.39. The predicted octanol–water partition coefficient (Wildman–Crippen LogP) is 3.43. The number of hydrogen-bond donors (Lipinski definition) is 1. The Morgan fingerprint density at radius 1 is 1.37 bits per heavy atom. The molecule has 0 aliphatic carbocycles. The summed E-state index contributed by atoms with van der Waals surface area (Å²) in [5, 5.41) is 3.73. The molecule has 1 rings (SSSR count). The van der Waals surface area contributed by atoms with Gasteiger partial charge in [0.2, 0.25) is 5.91 Å². The summed E-state index contributed by atoms with van der Waals surface area (Å²) < 4.78 is 25.7. The number of rotatable bonds is 7. The van der Waals surface area contributed by atoms with E-state index >= 15 is 0 Å². The minimum atomic E-state index is -0.920. The normalized spacial score (nSPS) is 12.2. The summed E-state index contributed by atoms with van der Waals surface area (Å²) in [6.45, 7) is 2.69. The van der Waals surface area contributed by atoms with Crippen LogP contribution in [0.25, 0.3) is 0 Å². The maximum Gasteiger partial charge on any atom is 0.224 e. The summed E-state index contributed by atoms with van der Waals surface area (Å²) in [6.07, 6.45) is 2.07. The van der Waals surface area contributed by atoms with E-state index in [-0.39, 0.29) is 12.3 Å². The van der Waals surface area contributed by atoms with Crippen molar-refractivity contribution < 1.29 is 13.6 Å². The fourth-order valence-electron chi connectivity index (χ4n) is 1.76. The van der Waals surface area contributed by atoms with E-state index in [1.807, 2.05) is 0 Å². The highest BCUT2D eigenvalue weighted by atomic mass is 79.9. The van der Waals surface area contributed by atoms with Crippen LogP contribution in [0.15, 0.2) is 18.2 Å². The van der Waals surface area contributed by atoms with E-state index in [2.05, 4.69) is 28.2 Å².